The molecular weight excluding hydrogens is 616 g/mol. The Morgan fingerprint density at radius 2 is 1.53 bits per heavy atom. The molecule has 0 saturated carbocycles. The molecule has 4 aromatic rings. The Labute approximate surface area is 288 Å². The molecule has 0 spiro atoms. The fourth-order valence-electron chi connectivity index (χ4n) is 7.06. The number of carbonyl (C=O) groups is 3. The van der Waals surface area contributed by atoms with Gasteiger partial charge in [0.1, 0.15) is 24.0 Å². The van der Waals surface area contributed by atoms with Crippen molar-refractivity contribution in [2.24, 2.45) is 5.92 Å². The number of benzene rings is 4. The maximum absolute atomic E-state index is 14.3. The SMILES string of the molecule is CC[C@H](C)[C@@H](C(=O)OC(C)(C)C)N1Cc2cc(NC(=O)OCC3c4ccccc4-c4ccccc43)ccc2[C@@H](Cc2ccc(O)cc2)C1=O. The van der Waals surface area contributed by atoms with Crippen molar-refractivity contribution in [1.29, 1.82) is 0 Å². The lowest BCUT2D eigenvalue weighted by Crippen LogP contribution is -2.53. The summed E-state index contributed by atoms with van der Waals surface area (Å²) < 4.78 is 11.6. The molecule has 0 bridgehead atoms. The van der Waals surface area contributed by atoms with Crippen molar-refractivity contribution < 1.29 is 29.0 Å². The molecule has 0 aromatic heterocycles. The first-order valence-corrected chi connectivity index (χ1v) is 17.0. The van der Waals surface area contributed by atoms with E-state index in [1.165, 1.54) is 0 Å². The molecule has 0 fully saturated rings. The molecule has 1 aliphatic heterocycles. The Balaban J connectivity index is 1.26. The zero-order valence-corrected chi connectivity index (χ0v) is 28.7. The number of nitrogens with one attached hydrogen (secondary N) is 1. The molecule has 2 aliphatic rings. The summed E-state index contributed by atoms with van der Waals surface area (Å²) in [5.74, 6) is -1.25. The van der Waals surface area contributed by atoms with E-state index in [0.717, 1.165) is 38.9 Å². The number of rotatable bonds is 9. The lowest BCUT2D eigenvalue weighted by atomic mass is 9.82. The minimum atomic E-state index is -0.786. The lowest BCUT2D eigenvalue weighted by Gasteiger charge is -2.41. The van der Waals surface area contributed by atoms with E-state index in [1.807, 2.05) is 71.0 Å². The number of fused-ring (bicyclic) bond motifs is 4. The third-order valence-electron chi connectivity index (χ3n) is 9.57. The number of hydrogen-bond acceptors (Lipinski definition) is 6. The quantitative estimate of drug-likeness (QED) is 0.176. The van der Waals surface area contributed by atoms with Crippen molar-refractivity contribution in [2.75, 3.05) is 11.9 Å². The molecule has 2 amide bonds. The Morgan fingerprint density at radius 3 is 2.14 bits per heavy atom. The zero-order chi connectivity index (χ0) is 34.9. The Bertz CT molecular complexity index is 1820. The van der Waals surface area contributed by atoms with Gasteiger partial charge in [-0.1, -0.05) is 87.0 Å². The van der Waals surface area contributed by atoms with Gasteiger partial charge in [0.05, 0.1) is 5.92 Å². The van der Waals surface area contributed by atoms with Crippen LogP contribution in [-0.2, 0) is 32.0 Å². The monoisotopic (exact) mass is 660 g/mol. The van der Waals surface area contributed by atoms with E-state index < -0.39 is 29.6 Å². The van der Waals surface area contributed by atoms with E-state index in [4.69, 9.17) is 9.47 Å². The van der Waals surface area contributed by atoms with E-state index >= 15 is 0 Å². The number of aromatic hydroxyl groups is 1. The molecule has 1 aliphatic carbocycles. The van der Waals surface area contributed by atoms with Crippen LogP contribution in [0.1, 0.15) is 80.7 Å². The second-order valence-electron chi connectivity index (χ2n) is 14.1. The number of carbonyl (C=O) groups excluding carboxylic acids is 3. The Kier molecular flexibility index (Phi) is 9.50. The average Bonchev–Trinajstić information content (AvgIpc) is 3.39. The fraction of sp³-hybridized carbons (Fsp3) is 0.341. The van der Waals surface area contributed by atoms with Crippen LogP contribution >= 0.6 is 0 Å². The lowest BCUT2D eigenvalue weighted by molar-refractivity contribution is -0.168. The number of ether oxygens (including phenoxy) is 2. The van der Waals surface area contributed by atoms with Gasteiger partial charge in [-0.2, -0.15) is 0 Å². The van der Waals surface area contributed by atoms with Gasteiger partial charge >= 0.3 is 12.1 Å². The van der Waals surface area contributed by atoms with Gasteiger partial charge in [-0.15, -0.1) is 0 Å². The molecule has 2 N–H and O–H groups in total. The van der Waals surface area contributed by atoms with E-state index in [9.17, 15) is 19.5 Å². The second kappa shape index (κ2) is 13.8. The van der Waals surface area contributed by atoms with Crippen molar-refractivity contribution >= 4 is 23.7 Å². The van der Waals surface area contributed by atoms with Crippen molar-refractivity contribution in [1.82, 2.24) is 4.90 Å². The maximum Gasteiger partial charge on any atom is 0.411 e. The first kappa shape index (κ1) is 33.8. The highest BCUT2D eigenvalue weighted by Gasteiger charge is 2.43. The van der Waals surface area contributed by atoms with E-state index in [0.29, 0.717) is 18.5 Å². The van der Waals surface area contributed by atoms with Gasteiger partial charge in [-0.3, -0.25) is 10.1 Å². The van der Waals surface area contributed by atoms with Gasteiger partial charge in [0, 0.05) is 18.2 Å². The number of anilines is 1. The number of nitrogens with zero attached hydrogens (tertiary/aromatic N) is 1. The number of hydrogen-bond donors (Lipinski definition) is 2. The number of phenols is 1. The maximum atomic E-state index is 14.3. The third kappa shape index (κ3) is 7.19. The molecule has 0 unspecified atom stereocenters. The van der Waals surface area contributed by atoms with Gasteiger partial charge < -0.3 is 19.5 Å². The van der Waals surface area contributed by atoms with Crippen LogP contribution in [0.2, 0.25) is 0 Å². The van der Waals surface area contributed by atoms with Gasteiger partial charge in [-0.05, 0) is 96.3 Å². The molecule has 4 aromatic carbocycles. The number of esters is 1. The van der Waals surface area contributed by atoms with Crippen molar-refractivity contribution in [2.45, 2.75) is 77.5 Å². The number of phenolic OH excluding ortho intramolecular Hbond substituents is 1. The molecule has 49 heavy (non-hydrogen) atoms. The molecule has 6 rings (SSSR count). The van der Waals surface area contributed by atoms with Crippen molar-refractivity contribution in [3.05, 3.63) is 119 Å². The topological polar surface area (TPSA) is 105 Å². The van der Waals surface area contributed by atoms with Crippen LogP contribution in [0.5, 0.6) is 5.75 Å². The second-order valence-corrected chi connectivity index (χ2v) is 14.1. The summed E-state index contributed by atoms with van der Waals surface area (Å²) in [5, 5.41) is 12.7. The fourth-order valence-corrected chi connectivity index (χ4v) is 7.06. The van der Waals surface area contributed by atoms with Crippen LogP contribution in [0, 0.1) is 5.92 Å². The van der Waals surface area contributed by atoms with Crippen molar-refractivity contribution in [3.63, 3.8) is 0 Å². The first-order valence-electron chi connectivity index (χ1n) is 17.0. The third-order valence-corrected chi connectivity index (χ3v) is 9.57. The number of amides is 2. The van der Waals surface area contributed by atoms with E-state index in [1.54, 1.807) is 35.2 Å². The molecular formula is C41H44N2O6. The van der Waals surface area contributed by atoms with E-state index in [-0.39, 0.29) is 36.6 Å². The summed E-state index contributed by atoms with van der Waals surface area (Å²) in [6.07, 6.45) is 0.480. The standard InChI is InChI=1S/C41H44N2O6/c1-6-25(2)37(39(46)49-41(3,4)5)43-23-27-22-28(17-20-30(27)35(38(43)45)21-26-15-18-29(44)19-16-26)42-40(47)48-24-36-33-13-9-7-11-31(33)32-12-8-10-14-34(32)36/h7-20,22,25,35-37,44H,6,21,23-24H2,1-5H3,(H,42,47)/t25-,35+,37-/m0/s1. The zero-order valence-electron chi connectivity index (χ0n) is 28.7. The summed E-state index contributed by atoms with van der Waals surface area (Å²) in [6.45, 7) is 9.79. The van der Waals surface area contributed by atoms with E-state index in [2.05, 4.69) is 29.6 Å². The van der Waals surface area contributed by atoms with Crippen LogP contribution in [0.25, 0.3) is 11.1 Å². The van der Waals surface area contributed by atoms with Crippen LogP contribution in [-0.4, -0.2) is 46.2 Å². The summed E-state index contributed by atoms with van der Waals surface area (Å²) in [4.78, 5) is 42.8. The Hall–Kier alpha value is -5.11. The van der Waals surface area contributed by atoms with Crippen LogP contribution < -0.4 is 5.32 Å². The predicted molar refractivity (Wildman–Crippen MR) is 189 cm³/mol. The average molecular weight is 661 g/mol. The predicted octanol–water partition coefficient (Wildman–Crippen LogP) is 8.18. The summed E-state index contributed by atoms with van der Waals surface area (Å²) in [6, 6.07) is 27.9. The minimum Gasteiger partial charge on any atom is -0.508 e. The van der Waals surface area contributed by atoms with Crippen LogP contribution in [0.15, 0.2) is 91.0 Å². The molecule has 8 nitrogen and oxygen atoms in total. The molecule has 8 heteroatoms. The summed E-state index contributed by atoms with van der Waals surface area (Å²) >= 11 is 0. The van der Waals surface area contributed by atoms with Gasteiger partial charge in [0.25, 0.3) is 0 Å². The normalized spacial score (nSPS) is 16.6. The molecule has 0 radical (unpaired) electrons. The van der Waals surface area contributed by atoms with Gasteiger partial charge in [-0.25, -0.2) is 9.59 Å². The smallest absolute Gasteiger partial charge is 0.411 e. The highest BCUT2D eigenvalue weighted by atomic mass is 16.6. The minimum absolute atomic E-state index is 0.0627. The molecule has 1 heterocycles. The van der Waals surface area contributed by atoms with Crippen LogP contribution in [0.4, 0.5) is 10.5 Å². The molecule has 0 saturated heterocycles. The first-order chi connectivity index (χ1) is 23.4. The van der Waals surface area contributed by atoms with Crippen molar-refractivity contribution in [3.8, 4) is 16.9 Å². The summed E-state index contributed by atoms with van der Waals surface area (Å²) in [5.41, 5.74) is 6.94. The van der Waals surface area contributed by atoms with Gasteiger partial charge in [0.15, 0.2) is 0 Å². The van der Waals surface area contributed by atoms with Gasteiger partial charge in [0.2, 0.25) is 5.91 Å². The van der Waals surface area contributed by atoms with Crippen LogP contribution in [0.3, 0.4) is 0 Å². The summed E-state index contributed by atoms with van der Waals surface area (Å²) in [7, 11) is 0. The molecule has 3 atom stereocenters. The Morgan fingerprint density at radius 1 is 0.898 bits per heavy atom. The largest absolute Gasteiger partial charge is 0.508 e. The highest BCUT2D eigenvalue weighted by molar-refractivity contribution is 5.92. The highest BCUT2D eigenvalue weighted by Crippen LogP contribution is 2.44. The molecule has 254 valence electrons.